The summed E-state index contributed by atoms with van der Waals surface area (Å²) in [4.78, 5) is 0. The average molecular weight is 221 g/mol. The lowest BCUT2D eigenvalue weighted by Crippen LogP contribution is -2.13. The van der Waals surface area contributed by atoms with E-state index < -0.39 is 0 Å². The monoisotopic (exact) mass is 221 g/mol. The Morgan fingerprint density at radius 2 is 2.12 bits per heavy atom. The van der Waals surface area contributed by atoms with E-state index in [1.54, 1.807) is 0 Å². The fourth-order valence-electron chi connectivity index (χ4n) is 2.82. The van der Waals surface area contributed by atoms with Gasteiger partial charge < -0.3 is 5.73 Å². The minimum absolute atomic E-state index is 0.460. The topological polar surface area (TPSA) is 43.8 Å². The van der Waals surface area contributed by atoms with Crippen molar-refractivity contribution in [2.24, 2.45) is 5.73 Å². The zero-order valence-corrected chi connectivity index (χ0v) is 10.4. The summed E-state index contributed by atoms with van der Waals surface area (Å²) in [6.07, 6.45) is 8.40. The zero-order valence-electron chi connectivity index (χ0n) is 10.4. The van der Waals surface area contributed by atoms with Crippen molar-refractivity contribution in [2.45, 2.75) is 57.9 Å². The summed E-state index contributed by atoms with van der Waals surface area (Å²) in [7, 11) is 0. The molecule has 2 rings (SSSR count). The minimum atomic E-state index is 0.460. The normalized spacial score (nSPS) is 17.5. The van der Waals surface area contributed by atoms with Crippen molar-refractivity contribution >= 4 is 0 Å². The number of rotatable bonds is 4. The van der Waals surface area contributed by atoms with Crippen LogP contribution in [0.2, 0.25) is 0 Å². The third-order valence-electron chi connectivity index (χ3n) is 3.56. The highest BCUT2D eigenvalue weighted by Crippen LogP contribution is 2.36. The van der Waals surface area contributed by atoms with Crippen molar-refractivity contribution in [1.29, 1.82) is 0 Å². The van der Waals surface area contributed by atoms with Gasteiger partial charge >= 0.3 is 0 Å². The van der Waals surface area contributed by atoms with Gasteiger partial charge in [0.05, 0.1) is 6.20 Å². The Labute approximate surface area is 98.0 Å². The van der Waals surface area contributed by atoms with Crippen molar-refractivity contribution in [2.75, 3.05) is 6.54 Å². The van der Waals surface area contributed by atoms with Crippen molar-refractivity contribution < 1.29 is 0 Å². The second-order valence-corrected chi connectivity index (χ2v) is 5.11. The highest BCUT2D eigenvalue weighted by molar-refractivity contribution is 5.23. The fourth-order valence-corrected chi connectivity index (χ4v) is 2.82. The maximum Gasteiger partial charge on any atom is 0.0525 e. The number of hydrogen-bond acceptors (Lipinski definition) is 2. The summed E-state index contributed by atoms with van der Waals surface area (Å²) in [6.45, 7) is 5.14. The van der Waals surface area contributed by atoms with Crippen LogP contribution < -0.4 is 5.73 Å². The molecule has 90 valence electrons. The summed E-state index contributed by atoms with van der Waals surface area (Å²) in [6, 6.07) is 0.460. The van der Waals surface area contributed by atoms with Crippen LogP contribution in [-0.4, -0.2) is 16.3 Å². The van der Waals surface area contributed by atoms with Gasteiger partial charge in [0.15, 0.2) is 0 Å². The number of aromatic nitrogens is 2. The Balaban J connectivity index is 2.32. The van der Waals surface area contributed by atoms with Crippen molar-refractivity contribution in [3.8, 4) is 0 Å². The van der Waals surface area contributed by atoms with Gasteiger partial charge in [-0.25, -0.2) is 0 Å². The molecule has 1 fully saturated rings. The smallest absolute Gasteiger partial charge is 0.0525 e. The van der Waals surface area contributed by atoms with Gasteiger partial charge in [0, 0.05) is 17.7 Å². The summed E-state index contributed by atoms with van der Waals surface area (Å²) in [5, 5.41) is 4.54. The van der Waals surface area contributed by atoms with Crippen molar-refractivity contribution in [3.63, 3.8) is 0 Å². The molecule has 0 atom stereocenters. The van der Waals surface area contributed by atoms with E-state index in [9.17, 15) is 0 Å². The van der Waals surface area contributed by atoms with E-state index in [4.69, 9.17) is 5.73 Å². The Bertz CT molecular complexity index is 335. The molecule has 1 heterocycles. The lowest BCUT2D eigenvalue weighted by Gasteiger charge is -2.17. The Morgan fingerprint density at radius 1 is 1.44 bits per heavy atom. The fraction of sp³-hybridized carbons (Fsp3) is 0.769. The predicted molar refractivity (Wildman–Crippen MR) is 66.6 cm³/mol. The molecule has 2 N–H and O–H groups in total. The third kappa shape index (κ3) is 2.14. The molecule has 1 aromatic heterocycles. The van der Waals surface area contributed by atoms with Crippen LogP contribution >= 0.6 is 0 Å². The average Bonchev–Trinajstić information content (AvgIpc) is 2.84. The molecule has 3 nitrogen and oxygen atoms in total. The molecule has 0 bridgehead atoms. The summed E-state index contributed by atoms with van der Waals surface area (Å²) in [5.41, 5.74) is 8.52. The molecular weight excluding hydrogens is 198 g/mol. The molecule has 0 spiro atoms. The lowest BCUT2D eigenvalue weighted by atomic mass is 9.98. The van der Waals surface area contributed by atoms with Gasteiger partial charge in [0.2, 0.25) is 0 Å². The molecule has 1 aromatic rings. The molecule has 0 saturated heterocycles. The molecular formula is C13H23N3. The first-order chi connectivity index (χ1) is 7.74. The zero-order chi connectivity index (χ0) is 11.5. The lowest BCUT2D eigenvalue weighted by molar-refractivity contribution is 0.483. The first-order valence-corrected chi connectivity index (χ1v) is 6.50. The second kappa shape index (κ2) is 5.00. The van der Waals surface area contributed by atoms with E-state index in [0.717, 1.165) is 18.9 Å². The van der Waals surface area contributed by atoms with Gasteiger partial charge in [0.1, 0.15) is 0 Å². The SMILES string of the molecule is CC(C)n1ncc(CCN)c1C1CCCC1. The molecule has 0 radical (unpaired) electrons. The molecule has 1 aliphatic carbocycles. The van der Waals surface area contributed by atoms with Gasteiger partial charge in [-0.2, -0.15) is 5.10 Å². The van der Waals surface area contributed by atoms with Gasteiger partial charge in [-0.3, -0.25) is 4.68 Å². The quantitative estimate of drug-likeness (QED) is 0.849. The first-order valence-electron chi connectivity index (χ1n) is 6.50. The van der Waals surface area contributed by atoms with Crippen LogP contribution in [0.25, 0.3) is 0 Å². The first kappa shape index (κ1) is 11.6. The van der Waals surface area contributed by atoms with Gasteiger partial charge in [-0.1, -0.05) is 12.8 Å². The molecule has 0 aromatic carbocycles. The van der Waals surface area contributed by atoms with Crippen molar-refractivity contribution in [1.82, 2.24) is 9.78 Å². The highest BCUT2D eigenvalue weighted by atomic mass is 15.3. The second-order valence-electron chi connectivity index (χ2n) is 5.11. The van der Waals surface area contributed by atoms with E-state index in [2.05, 4.69) is 23.6 Å². The predicted octanol–water partition coefficient (Wildman–Crippen LogP) is 2.62. The summed E-state index contributed by atoms with van der Waals surface area (Å²) >= 11 is 0. The molecule has 3 heteroatoms. The number of nitrogens with two attached hydrogens (primary N) is 1. The standard InChI is InChI=1S/C13H23N3/c1-10(2)16-13(11-5-3-4-6-11)12(7-8-14)9-15-16/h9-11H,3-8,14H2,1-2H3. The largest absolute Gasteiger partial charge is 0.330 e. The summed E-state index contributed by atoms with van der Waals surface area (Å²) in [5.74, 6) is 0.728. The van der Waals surface area contributed by atoms with Crippen LogP contribution in [0.4, 0.5) is 0 Å². The van der Waals surface area contributed by atoms with Crippen LogP contribution in [0, 0.1) is 0 Å². The Kier molecular flexibility index (Phi) is 3.64. The van der Waals surface area contributed by atoms with E-state index >= 15 is 0 Å². The summed E-state index contributed by atoms with van der Waals surface area (Å²) < 4.78 is 2.21. The highest BCUT2D eigenvalue weighted by Gasteiger charge is 2.24. The van der Waals surface area contributed by atoms with Crippen LogP contribution in [-0.2, 0) is 6.42 Å². The Hall–Kier alpha value is -0.830. The molecule has 16 heavy (non-hydrogen) atoms. The minimum Gasteiger partial charge on any atom is -0.330 e. The van der Waals surface area contributed by atoms with E-state index in [1.165, 1.54) is 36.9 Å². The van der Waals surface area contributed by atoms with Crippen LogP contribution in [0.5, 0.6) is 0 Å². The molecule has 0 amide bonds. The van der Waals surface area contributed by atoms with E-state index in [0.29, 0.717) is 6.04 Å². The molecule has 0 aliphatic heterocycles. The maximum absolute atomic E-state index is 5.68. The molecule has 1 aliphatic rings. The molecule has 1 saturated carbocycles. The Morgan fingerprint density at radius 3 is 2.69 bits per heavy atom. The third-order valence-corrected chi connectivity index (χ3v) is 3.56. The van der Waals surface area contributed by atoms with E-state index in [1.807, 2.05) is 6.20 Å². The maximum atomic E-state index is 5.68. The number of nitrogens with zero attached hydrogens (tertiary/aromatic N) is 2. The van der Waals surface area contributed by atoms with Crippen molar-refractivity contribution in [3.05, 3.63) is 17.5 Å². The van der Waals surface area contributed by atoms with Gasteiger partial charge in [0.25, 0.3) is 0 Å². The molecule has 0 unspecified atom stereocenters. The van der Waals surface area contributed by atoms with Crippen LogP contribution in [0.15, 0.2) is 6.20 Å². The van der Waals surface area contributed by atoms with Crippen LogP contribution in [0.3, 0.4) is 0 Å². The van der Waals surface area contributed by atoms with Gasteiger partial charge in [-0.05, 0) is 45.2 Å². The van der Waals surface area contributed by atoms with Crippen LogP contribution in [0.1, 0.15) is 62.7 Å². The van der Waals surface area contributed by atoms with E-state index in [-0.39, 0.29) is 0 Å². The van der Waals surface area contributed by atoms with Gasteiger partial charge in [-0.15, -0.1) is 0 Å². The number of hydrogen-bond donors (Lipinski definition) is 1.